The lowest BCUT2D eigenvalue weighted by Gasteiger charge is -2.01. The fraction of sp³-hybridized carbons (Fsp3) is 0.0909. The van der Waals surface area contributed by atoms with E-state index < -0.39 is 0 Å². The van der Waals surface area contributed by atoms with Gasteiger partial charge in [-0.3, -0.25) is 4.79 Å². The number of halogens is 1. The summed E-state index contributed by atoms with van der Waals surface area (Å²) < 4.78 is 0.735. The molecule has 0 aliphatic rings. The second-order valence-electron chi connectivity index (χ2n) is 3.22. The molecule has 0 amide bonds. The Morgan fingerprint density at radius 2 is 2.13 bits per heavy atom. The topological polar surface area (TPSA) is 45.8 Å². The molecule has 2 aromatic rings. The average Bonchev–Trinajstić information content (AvgIpc) is 2.60. The van der Waals surface area contributed by atoms with E-state index in [9.17, 15) is 4.79 Å². The number of nitrogens with one attached hydrogen (secondary N) is 1. The highest BCUT2D eigenvalue weighted by Gasteiger charge is 2.10. The zero-order valence-corrected chi connectivity index (χ0v) is 9.71. The first-order valence-corrected chi connectivity index (χ1v) is 5.28. The number of nitrogens with zero attached hydrogens (tertiary/aromatic N) is 1. The lowest BCUT2D eigenvalue weighted by molar-refractivity contribution is 0.111. The second kappa shape index (κ2) is 3.98. The largest absolute Gasteiger partial charge is 0.330 e. The van der Waals surface area contributed by atoms with E-state index in [0.717, 1.165) is 21.4 Å². The fourth-order valence-electron chi connectivity index (χ4n) is 1.44. The number of aromatic amines is 1. The molecule has 1 N–H and O–H groups in total. The van der Waals surface area contributed by atoms with Crippen molar-refractivity contribution in [2.75, 3.05) is 0 Å². The van der Waals surface area contributed by atoms with Gasteiger partial charge in [-0.2, -0.15) is 0 Å². The molecule has 0 saturated carbocycles. The van der Waals surface area contributed by atoms with Crippen molar-refractivity contribution in [3.05, 3.63) is 40.3 Å². The number of hydrogen-bond donors (Lipinski definition) is 1. The SMILES string of the molecule is Cc1ccccc1-c1nc(C=O)[nH]c1Br. The van der Waals surface area contributed by atoms with Crippen molar-refractivity contribution < 1.29 is 4.79 Å². The Balaban J connectivity index is 2.58. The Morgan fingerprint density at radius 3 is 2.73 bits per heavy atom. The monoisotopic (exact) mass is 264 g/mol. The zero-order valence-electron chi connectivity index (χ0n) is 8.12. The molecule has 1 heterocycles. The molecule has 0 atom stereocenters. The summed E-state index contributed by atoms with van der Waals surface area (Å²) in [6, 6.07) is 7.91. The van der Waals surface area contributed by atoms with Crippen LogP contribution in [0, 0.1) is 6.92 Å². The number of carbonyl (C=O) groups excluding carboxylic acids is 1. The van der Waals surface area contributed by atoms with Crippen LogP contribution in [-0.4, -0.2) is 16.3 Å². The summed E-state index contributed by atoms with van der Waals surface area (Å²) in [5.74, 6) is 0.333. The molecule has 0 saturated heterocycles. The zero-order chi connectivity index (χ0) is 10.8. The molecule has 0 unspecified atom stereocenters. The third-order valence-electron chi connectivity index (χ3n) is 2.19. The maximum Gasteiger partial charge on any atom is 0.185 e. The molecule has 2 rings (SSSR count). The Morgan fingerprint density at radius 1 is 1.40 bits per heavy atom. The highest BCUT2D eigenvalue weighted by atomic mass is 79.9. The second-order valence-corrected chi connectivity index (χ2v) is 4.01. The fourth-order valence-corrected chi connectivity index (χ4v) is 1.95. The van der Waals surface area contributed by atoms with Gasteiger partial charge in [0, 0.05) is 5.56 Å². The van der Waals surface area contributed by atoms with Crippen LogP contribution in [0.2, 0.25) is 0 Å². The van der Waals surface area contributed by atoms with Gasteiger partial charge in [0.2, 0.25) is 0 Å². The van der Waals surface area contributed by atoms with Crippen molar-refractivity contribution in [1.82, 2.24) is 9.97 Å². The maximum atomic E-state index is 10.6. The van der Waals surface area contributed by atoms with E-state index in [4.69, 9.17) is 0 Å². The number of H-pyrrole nitrogens is 1. The summed E-state index contributed by atoms with van der Waals surface area (Å²) in [6.07, 6.45) is 0.701. The predicted molar refractivity (Wildman–Crippen MR) is 61.8 cm³/mol. The van der Waals surface area contributed by atoms with Gasteiger partial charge >= 0.3 is 0 Å². The van der Waals surface area contributed by atoms with Gasteiger partial charge in [0.05, 0.1) is 0 Å². The van der Waals surface area contributed by atoms with Crippen molar-refractivity contribution in [1.29, 1.82) is 0 Å². The van der Waals surface area contributed by atoms with Crippen molar-refractivity contribution in [3.8, 4) is 11.3 Å². The van der Waals surface area contributed by atoms with E-state index >= 15 is 0 Å². The molecule has 0 radical (unpaired) electrons. The maximum absolute atomic E-state index is 10.6. The Hall–Kier alpha value is -1.42. The molecule has 0 fully saturated rings. The standard InChI is InChI=1S/C11H9BrN2O/c1-7-4-2-3-5-8(7)10-11(12)14-9(6-15)13-10/h2-6H,1H3,(H,13,14). The van der Waals surface area contributed by atoms with E-state index in [0.29, 0.717) is 12.1 Å². The molecular weight excluding hydrogens is 256 g/mol. The van der Waals surface area contributed by atoms with E-state index in [1.165, 1.54) is 0 Å². The molecule has 4 heteroatoms. The van der Waals surface area contributed by atoms with Crippen LogP contribution in [0.5, 0.6) is 0 Å². The van der Waals surface area contributed by atoms with Crippen LogP contribution in [0.15, 0.2) is 28.9 Å². The average molecular weight is 265 g/mol. The number of rotatable bonds is 2. The third kappa shape index (κ3) is 1.85. The van der Waals surface area contributed by atoms with Crippen molar-refractivity contribution in [2.24, 2.45) is 0 Å². The predicted octanol–water partition coefficient (Wildman–Crippen LogP) is 2.96. The van der Waals surface area contributed by atoms with Gasteiger partial charge in [-0.15, -0.1) is 0 Å². The summed E-state index contributed by atoms with van der Waals surface area (Å²) in [5, 5.41) is 0. The molecule has 0 spiro atoms. The minimum Gasteiger partial charge on any atom is -0.330 e. The first kappa shape index (κ1) is 10.1. The van der Waals surface area contributed by atoms with Crippen LogP contribution in [-0.2, 0) is 0 Å². The molecule has 0 aliphatic heterocycles. The third-order valence-corrected chi connectivity index (χ3v) is 2.76. The Labute approximate surface area is 95.7 Å². The van der Waals surface area contributed by atoms with Crippen LogP contribution in [0.1, 0.15) is 16.2 Å². The highest BCUT2D eigenvalue weighted by Crippen LogP contribution is 2.27. The lowest BCUT2D eigenvalue weighted by atomic mass is 10.1. The number of benzene rings is 1. The van der Waals surface area contributed by atoms with Crippen LogP contribution < -0.4 is 0 Å². The molecule has 76 valence electrons. The van der Waals surface area contributed by atoms with Gasteiger partial charge in [0.1, 0.15) is 10.3 Å². The number of carbonyl (C=O) groups is 1. The molecule has 1 aromatic heterocycles. The highest BCUT2D eigenvalue weighted by molar-refractivity contribution is 9.10. The number of aldehydes is 1. The Bertz CT molecular complexity index is 505. The molecular formula is C11H9BrN2O. The van der Waals surface area contributed by atoms with E-state index in [2.05, 4.69) is 25.9 Å². The van der Waals surface area contributed by atoms with Gasteiger partial charge in [-0.1, -0.05) is 24.3 Å². The summed E-state index contributed by atoms with van der Waals surface area (Å²) in [5.41, 5.74) is 2.92. The molecule has 0 bridgehead atoms. The van der Waals surface area contributed by atoms with Crippen LogP contribution in [0.4, 0.5) is 0 Å². The molecule has 15 heavy (non-hydrogen) atoms. The van der Waals surface area contributed by atoms with E-state index in [-0.39, 0.29) is 0 Å². The van der Waals surface area contributed by atoms with Crippen molar-refractivity contribution in [2.45, 2.75) is 6.92 Å². The van der Waals surface area contributed by atoms with Gasteiger partial charge in [-0.25, -0.2) is 4.98 Å². The first-order valence-electron chi connectivity index (χ1n) is 4.49. The van der Waals surface area contributed by atoms with Gasteiger partial charge in [0.25, 0.3) is 0 Å². The van der Waals surface area contributed by atoms with Gasteiger partial charge < -0.3 is 4.98 Å². The van der Waals surface area contributed by atoms with Crippen LogP contribution >= 0.6 is 15.9 Å². The number of hydrogen-bond acceptors (Lipinski definition) is 2. The molecule has 0 aliphatic carbocycles. The van der Waals surface area contributed by atoms with Gasteiger partial charge in [-0.05, 0) is 28.4 Å². The van der Waals surface area contributed by atoms with Crippen LogP contribution in [0.25, 0.3) is 11.3 Å². The van der Waals surface area contributed by atoms with E-state index in [1.54, 1.807) is 0 Å². The molecule has 1 aromatic carbocycles. The summed E-state index contributed by atoms with van der Waals surface area (Å²) in [6.45, 7) is 2.01. The van der Waals surface area contributed by atoms with Crippen molar-refractivity contribution >= 4 is 22.2 Å². The smallest absolute Gasteiger partial charge is 0.185 e. The van der Waals surface area contributed by atoms with Gasteiger partial charge in [0.15, 0.2) is 12.1 Å². The summed E-state index contributed by atoms with van der Waals surface area (Å²) in [7, 11) is 0. The Kier molecular flexibility index (Phi) is 2.68. The van der Waals surface area contributed by atoms with E-state index in [1.807, 2.05) is 31.2 Å². The summed E-state index contributed by atoms with van der Waals surface area (Å²) >= 11 is 3.35. The normalized spacial score (nSPS) is 10.3. The number of aryl methyl sites for hydroxylation is 1. The first-order chi connectivity index (χ1) is 7.22. The lowest BCUT2D eigenvalue weighted by Crippen LogP contribution is -1.84. The summed E-state index contributed by atoms with van der Waals surface area (Å²) in [4.78, 5) is 17.6. The van der Waals surface area contributed by atoms with Crippen molar-refractivity contribution in [3.63, 3.8) is 0 Å². The minimum absolute atomic E-state index is 0.333. The number of imidazole rings is 1. The van der Waals surface area contributed by atoms with Crippen LogP contribution in [0.3, 0.4) is 0 Å². The minimum atomic E-state index is 0.333. The number of aromatic nitrogens is 2. The quantitative estimate of drug-likeness (QED) is 0.848. The molecule has 3 nitrogen and oxygen atoms in total.